The van der Waals surface area contributed by atoms with Crippen molar-refractivity contribution in [1.82, 2.24) is 20.4 Å². The summed E-state index contributed by atoms with van der Waals surface area (Å²) in [6, 6.07) is 0. The molecule has 0 aliphatic carbocycles. The van der Waals surface area contributed by atoms with Crippen molar-refractivity contribution in [3.8, 4) is 0 Å². The molecule has 0 aromatic carbocycles. The van der Waals surface area contributed by atoms with Gasteiger partial charge in [-0.2, -0.15) is 0 Å². The van der Waals surface area contributed by atoms with Gasteiger partial charge in [-0.25, -0.2) is 0 Å². The van der Waals surface area contributed by atoms with Crippen molar-refractivity contribution in [1.29, 1.82) is 0 Å². The Morgan fingerprint density at radius 1 is 0.444 bits per heavy atom. The zero-order chi connectivity index (χ0) is 53.5. The molecule has 0 bridgehead atoms. The van der Waals surface area contributed by atoms with E-state index in [9.17, 15) is 39.0 Å². The number of allylic oxidation sites excluding steroid dienone is 2. The number of carbonyl (C=O) groups excluding carboxylic acids is 6. The lowest BCUT2D eigenvalue weighted by Gasteiger charge is -2.22. The maximum absolute atomic E-state index is 12.5. The van der Waals surface area contributed by atoms with Crippen molar-refractivity contribution in [2.45, 2.75) is 231 Å². The molecule has 16 nitrogen and oxygen atoms in total. The zero-order valence-corrected chi connectivity index (χ0v) is 45.9. The fourth-order valence-electron chi connectivity index (χ4n) is 7.64. The molecule has 2 amide bonds. The van der Waals surface area contributed by atoms with Gasteiger partial charge >= 0.3 is 23.9 Å². The van der Waals surface area contributed by atoms with Crippen LogP contribution in [-0.4, -0.2) is 148 Å². The smallest absolute Gasteiger partial charge is 0.306 e. The summed E-state index contributed by atoms with van der Waals surface area (Å²) in [5.74, 6) is -1.46. The summed E-state index contributed by atoms with van der Waals surface area (Å²) in [5.41, 5.74) is 0. The van der Waals surface area contributed by atoms with Crippen LogP contribution >= 0.6 is 0 Å². The van der Waals surface area contributed by atoms with Crippen LogP contribution in [0.1, 0.15) is 206 Å². The third-order valence-electron chi connectivity index (χ3n) is 12.1. The Morgan fingerprint density at radius 3 is 1.18 bits per heavy atom. The van der Waals surface area contributed by atoms with Crippen LogP contribution in [-0.2, 0) is 47.7 Å². The van der Waals surface area contributed by atoms with Gasteiger partial charge in [0.15, 0.2) is 0 Å². The third-order valence-corrected chi connectivity index (χ3v) is 12.1. The SMILES string of the molecule is CCCCCC(OC(=O)CCCC(=O)OCCN(C)C)C(O)C/C=C\CCCCCCCC(=O)NCCNC(=O)CCCCCCC/C=C\CC(O)C(CCCCC)OC(=O)CCCC(=O)OCCN(C)C. The number of ether oxygens (including phenoxy) is 4. The topological polar surface area (TPSA) is 210 Å². The molecule has 0 spiro atoms. The standard InChI is InChI=1S/C56H102N4O12/c1-7-9-23-33-49(71-55(67)39-29-37-53(65)69-45-43-59(3)4)47(61)31-25-19-15-11-13-17-21-27-35-51(63)57-41-42-58-52(64)36-28-22-18-14-12-16-20-26-32-48(62)50(34-24-10-8-2)72-56(68)40-30-38-54(66)70-46-44-60(5)6/h19-20,25-26,47-50,61-62H,7-18,21-24,27-46H2,1-6H3,(H,57,63)(H,58,64)/b25-19-,26-20-. The largest absolute Gasteiger partial charge is 0.464 e. The van der Waals surface area contributed by atoms with Crippen LogP contribution in [0.4, 0.5) is 0 Å². The van der Waals surface area contributed by atoms with Gasteiger partial charge in [-0.05, 0) is 118 Å². The van der Waals surface area contributed by atoms with Gasteiger partial charge in [0.1, 0.15) is 25.4 Å². The Labute approximate surface area is 435 Å². The summed E-state index contributed by atoms with van der Waals surface area (Å²) in [5, 5.41) is 27.5. The summed E-state index contributed by atoms with van der Waals surface area (Å²) in [6.45, 7) is 6.96. The second kappa shape index (κ2) is 48.1. The van der Waals surface area contributed by atoms with Gasteiger partial charge < -0.3 is 49.6 Å². The van der Waals surface area contributed by atoms with Crippen LogP contribution < -0.4 is 10.6 Å². The highest BCUT2D eigenvalue weighted by Crippen LogP contribution is 2.18. The normalized spacial score (nSPS) is 13.3. The van der Waals surface area contributed by atoms with Gasteiger partial charge in [0.05, 0.1) is 12.2 Å². The van der Waals surface area contributed by atoms with Crippen LogP contribution in [0.3, 0.4) is 0 Å². The molecule has 0 saturated carbocycles. The molecule has 0 rings (SSSR count). The van der Waals surface area contributed by atoms with Crippen LogP contribution in [0, 0.1) is 0 Å². The van der Waals surface area contributed by atoms with Crippen molar-refractivity contribution in [3.63, 3.8) is 0 Å². The van der Waals surface area contributed by atoms with E-state index in [0.29, 0.717) is 90.8 Å². The van der Waals surface area contributed by atoms with Gasteiger partial charge in [-0.15, -0.1) is 0 Å². The van der Waals surface area contributed by atoms with Gasteiger partial charge in [-0.3, -0.25) is 28.8 Å². The van der Waals surface area contributed by atoms with Gasteiger partial charge in [0.25, 0.3) is 0 Å². The number of nitrogens with zero attached hydrogens (tertiary/aromatic N) is 2. The Morgan fingerprint density at radius 2 is 0.806 bits per heavy atom. The second-order valence-corrected chi connectivity index (χ2v) is 19.7. The van der Waals surface area contributed by atoms with Gasteiger partial charge in [-0.1, -0.05) is 102 Å². The van der Waals surface area contributed by atoms with E-state index < -0.39 is 36.4 Å². The number of aliphatic hydroxyl groups excluding tert-OH is 2. The van der Waals surface area contributed by atoms with Crippen LogP contribution in [0.2, 0.25) is 0 Å². The van der Waals surface area contributed by atoms with Crippen molar-refractivity contribution in [2.75, 3.05) is 67.6 Å². The average molecular weight is 1020 g/mol. The lowest BCUT2D eigenvalue weighted by atomic mass is 10.0. The lowest BCUT2D eigenvalue weighted by molar-refractivity contribution is -0.157. The van der Waals surface area contributed by atoms with Crippen LogP contribution in [0.15, 0.2) is 24.3 Å². The van der Waals surface area contributed by atoms with Crippen LogP contribution in [0.5, 0.6) is 0 Å². The Balaban J connectivity index is 4.05. The highest BCUT2D eigenvalue weighted by Gasteiger charge is 2.24. The van der Waals surface area contributed by atoms with Crippen molar-refractivity contribution in [2.24, 2.45) is 0 Å². The first-order valence-electron chi connectivity index (χ1n) is 27.9. The minimum Gasteiger partial charge on any atom is -0.464 e. The number of aliphatic hydroxyl groups is 2. The predicted octanol–water partition coefficient (Wildman–Crippen LogP) is 8.83. The molecule has 0 heterocycles. The molecule has 0 aliphatic rings. The van der Waals surface area contributed by atoms with Gasteiger partial charge in [0, 0.05) is 64.7 Å². The number of likely N-dealkylation sites (N-methyl/N-ethyl adjacent to an activating group) is 2. The number of hydrogen-bond acceptors (Lipinski definition) is 14. The van der Waals surface area contributed by atoms with Crippen molar-refractivity contribution >= 4 is 35.7 Å². The molecule has 16 heteroatoms. The second-order valence-electron chi connectivity index (χ2n) is 19.7. The first-order valence-corrected chi connectivity index (χ1v) is 27.9. The fraction of sp³-hybridized carbons (Fsp3) is 0.821. The predicted molar refractivity (Wildman–Crippen MR) is 285 cm³/mol. The molecule has 4 N–H and O–H groups in total. The minimum atomic E-state index is -0.783. The summed E-state index contributed by atoms with van der Waals surface area (Å²) in [6.07, 6.45) is 26.9. The van der Waals surface area contributed by atoms with E-state index in [2.05, 4.69) is 36.6 Å². The fourth-order valence-corrected chi connectivity index (χ4v) is 7.64. The Bertz CT molecular complexity index is 1350. The first kappa shape index (κ1) is 68.1. The monoisotopic (exact) mass is 1020 g/mol. The maximum atomic E-state index is 12.5. The van der Waals surface area contributed by atoms with Crippen LogP contribution in [0.25, 0.3) is 0 Å². The Hall–Kier alpha value is -3.86. The third kappa shape index (κ3) is 44.8. The maximum Gasteiger partial charge on any atom is 0.306 e. The average Bonchev–Trinajstić information content (AvgIpc) is 3.33. The van der Waals surface area contributed by atoms with E-state index in [4.69, 9.17) is 18.9 Å². The molecule has 0 saturated heterocycles. The van der Waals surface area contributed by atoms with Crippen molar-refractivity contribution in [3.05, 3.63) is 24.3 Å². The molecule has 0 radical (unpaired) electrons. The molecule has 0 aromatic heterocycles. The number of unbranched alkanes of at least 4 members (excludes halogenated alkanes) is 14. The molecule has 0 aliphatic heterocycles. The minimum absolute atomic E-state index is 0.00125. The molecule has 0 fully saturated rings. The van der Waals surface area contributed by atoms with E-state index in [1.807, 2.05) is 50.1 Å². The number of esters is 4. The molecule has 4 atom stereocenters. The molecule has 72 heavy (non-hydrogen) atoms. The molecular weight excluding hydrogens is 921 g/mol. The quantitative estimate of drug-likeness (QED) is 0.0194. The number of rotatable bonds is 49. The Kier molecular flexibility index (Phi) is 45.5. The lowest BCUT2D eigenvalue weighted by Crippen LogP contribution is -2.34. The van der Waals surface area contributed by atoms with E-state index in [0.717, 1.165) is 116 Å². The molecule has 4 unspecified atom stereocenters. The number of carbonyl (C=O) groups is 6. The number of amides is 2. The highest BCUT2D eigenvalue weighted by atomic mass is 16.6. The van der Waals surface area contributed by atoms with Crippen molar-refractivity contribution < 1.29 is 57.9 Å². The summed E-state index contributed by atoms with van der Waals surface area (Å²) in [4.78, 5) is 77.2. The number of nitrogens with one attached hydrogen (secondary N) is 2. The number of hydrogen-bond donors (Lipinski definition) is 4. The highest BCUT2D eigenvalue weighted by molar-refractivity contribution is 5.77. The van der Waals surface area contributed by atoms with Gasteiger partial charge in [0.2, 0.25) is 11.8 Å². The molecule has 418 valence electrons. The summed E-state index contributed by atoms with van der Waals surface area (Å²) in [7, 11) is 7.61. The molecule has 0 aromatic rings. The van der Waals surface area contributed by atoms with E-state index in [1.165, 1.54) is 0 Å². The molecular formula is C56H102N4O12. The summed E-state index contributed by atoms with van der Waals surface area (Å²) < 4.78 is 21.7. The zero-order valence-electron chi connectivity index (χ0n) is 45.9. The summed E-state index contributed by atoms with van der Waals surface area (Å²) >= 11 is 0. The first-order chi connectivity index (χ1) is 34.7. The van der Waals surface area contributed by atoms with E-state index in [1.54, 1.807) is 0 Å². The van der Waals surface area contributed by atoms with E-state index in [-0.39, 0.29) is 49.4 Å². The van der Waals surface area contributed by atoms with E-state index >= 15 is 0 Å².